The summed E-state index contributed by atoms with van der Waals surface area (Å²) in [7, 11) is 1.71. The van der Waals surface area contributed by atoms with Crippen molar-refractivity contribution in [2.75, 3.05) is 20.3 Å². The highest BCUT2D eigenvalue weighted by atomic mass is 16.6. The van der Waals surface area contributed by atoms with E-state index in [4.69, 9.17) is 10.6 Å². The van der Waals surface area contributed by atoms with Crippen molar-refractivity contribution in [3.05, 3.63) is 35.4 Å². The van der Waals surface area contributed by atoms with Gasteiger partial charge in [-0.3, -0.25) is 0 Å². The van der Waals surface area contributed by atoms with Gasteiger partial charge >= 0.3 is 0 Å². The molecule has 0 aliphatic heterocycles. The van der Waals surface area contributed by atoms with Gasteiger partial charge in [-0.2, -0.15) is 0 Å². The molecule has 14 heavy (non-hydrogen) atoms. The SMILES string of the molecule is COCCc1cccc(CCON)c1. The largest absolute Gasteiger partial charge is 0.384 e. The van der Waals surface area contributed by atoms with Gasteiger partial charge in [0.25, 0.3) is 0 Å². The average molecular weight is 195 g/mol. The minimum atomic E-state index is 0.563. The summed E-state index contributed by atoms with van der Waals surface area (Å²) in [4.78, 5) is 4.54. The van der Waals surface area contributed by atoms with E-state index in [0.717, 1.165) is 19.4 Å². The van der Waals surface area contributed by atoms with Crippen molar-refractivity contribution >= 4 is 0 Å². The van der Waals surface area contributed by atoms with Gasteiger partial charge in [0.05, 0.1) is 13.2 Å². The van der Waals surface area contributed by atoms with E-state index in [1.165, 1.54) is 11.1 Å². The summed E-state index contributed by atoms with van der Waals surface area (Å²) in [5, 5.41) is 0. The molecule has 3 heteroatoms. The molecule has 0 bridgehead atoms. The third-order valence-electron chi connectivity index (χ3n) is 2.09. The van der Waals surface area contributed by atoms with Crippen molar-refractivity contribution in [2.24, 2.45) is 5.90 Å². The Morgan fingerprint density at radius 3 is 2.36 bits per heavy atom. The maximum Gasteiger partial charge on any atom is 0.0719 e. The lowest BCUT2D eigenvalue weighted by Crippen LogP contribution is -2.04. The fraction of sp³-hybridized carbons (Fsp3) is 0.455. The first-order valence-electron chi connectivity index (χ1n) is 4.75. The molecule has 0 fully saturated rings. The second-order valence-electron chi connectivity index (χ2n) is 3.18. The molecule has 78 valence electrons. The fourth-order valence-corrected chi connectivity index (χ4v) is 1.34. The number of ether oxygens (including phenoxy) is 1. The molecule has 3 nitrogen and oxygen atoms in total. The molecule has 0 amide bonds. The Labute approximate surface area is 84.8 Å². The molecule has 1 rings (SSSR count). The van der Waals surface area contributed by atoms with E-state index in [1.807, 2.05) is 0 Å². The zero-order valence-corrected chi connectivity index (χ0v) is 8.53. The lowest BCUT2D eigenvalue weighted by atomic mass is 10.1. The predicted molar refractivity (Wildman–Crippen MR) is 55.9 cm³/mol. The summed E-state index contributed by atoms with van der Waals surface area (Å²) in [5.41, 5.74) is 2.55. The highest BCUT2D eigenvalue weighted by Crippen LogP contribution is 2.06. The topological polar surface area (TPSA) is 44.5 Å². The zero-order chi connectivity index (χ0) is 10.2. The fourth-order valence-electron chi connectivity index (χ4n) is 1.34. The van der Waals surface area contributed by atoms with Gasteiger partial charge in [0.2, 0.25) is 0 Å². The normalized spacial score (nSPS) is 10.4. The van der Waals surface area contributed by atoms with Crippen LogP contribution >= 0.6 is 0 Å². The maximum atomic E-state index is 5.02. The van der Waals surface area contributed by atoms with Crippen LogP contribution < -0.4 is 5.90 Å². The van der Waals surface area contributed by atoms with E-state index in [1.54, 1.807) is 7.11 Å². The van der Waals surface area contributed by atoms with Crippen LogP contribution in [0.25, 0.3) is 0 Å². The molecule has 0 aliphatic carbocycles. The molecule has 0 unspecified atom stereocenters. The summed E-state index contributed by atoms with van der Waals surface area (Å²) in [6, 6.07) is 8.40. The van der Waals surface area contributed by atoms with E-state index >= 15 is 0 Å². The van der Waals surface area contributed by atoms with Crippen molar-refractivity contribution in [3.63, 3.8) is 0 Å². The number of benzene rings is 1. The Morgan fingerprint density at radius 1 is 1.14 bits per heavy atom. The van der Waals surface area contributed by atoms with E-state index in [9.17, 15) is 0 Å². The standard InChI is InChI=1S/C11H17NO2/c1-13-7-5-10-3-2-4-11(9-10)6-8-14-12/h2-4,9H,5-8,12H2,1H3. The lowest BCUT2D eigenvalue weighted by molar-refractivity contribution is 0.141. The molecule has 1 aromatic rings. The van der Waals surface area contributed by atoms with Crippen LogP contribution in [-0.4, -0.2) is 20.3 Å². The van der Waals surface area contributed by atoms with Gasteiger partial charge < -0.3 is 9.57 Å². The molecule has 0 saturated heterocycles. The highest BCUT2D eigenvalue weighted by Gasteiger charge is 1.96. The van der Waals surface area contributed by atoms with Crippen LogP contribution in [0.1, 0.15) is 11.1 Å². The Kier molecular flexibility index (Phi) is 5.22. The molecule has 0 radical (unpaired) electrons. The second kappa shape index (κ2) is 6.54. The van der Waals surface area contributed by atoms with Crippen LogP contribution in [0.15, 0.2) is 24.3 Å². The Morgan fingerprint density at radius 2 is 1.79 bits per heavy atom. The third kappa shape index (κ3) is 3.87. The summed E-state index contributed by atoms with van der Waals surface area (Å²) < 4.78 is 5.02. The first-order valence-corrected chi connectivity index (χ1v) is 4.75. The minimum Gasteiger partial charge on any atom is -0.384 e. The molecule has 0 heterocycles. The van der Waals surface area contributed by atoms with Crippen molar-refractivity contribution in [1.82, 2.24) is 0 Å². The lowest BCUT2D eigenvalue weighted by Gasteiger charge is -2.04. The molecule has 1 aromatic carbocycles. The molecule has 0 saturated carbocycles. The zero-order valence-electron chi connectivity index (χ0n) is 8.53. The Hall–Kier alpha value is -0.900. The van der Waals surface area contributed by atoms with Gasteiger partial charge in [0, 0.05) is 7.11 Å². The Balaban J connectivity index is 2.50. The van der Waals surface area contributed by atoms with Gasteiger partial charge in [-0.05, 0) is 24.0 Å². The van der Waals surface area contributed by atoms with Crippen molar-refractivity contribution in [3.8, 4) is 0 Å². The maximum absolute atomic E-state index is 5.02. The van der Waals surface area contributed by atoms with Crippen molar-refractivity contribution < 1.29 is 9.57 Å². The van der Waals surface area contributed by atoms with Crippen LogP contribution in [0.5, 0.6) is 0 Å². The van der Waals surface area contributed by atoms with Crippen LogP contribution in [0, 0.1) is 0 Å². The summed E-state index contributed by atoms with van der Waals surface area (Å²) >= 11 is 0. The van der Waals surface area contributed by atoms with Gasteiger partial charge in [0.15, 0.2) is 0 Å². The van der Waals surface area contributed by atoms with E-state index in [-0.39, 0.29) is 0 Å². The number of rotatable bonds is 6. The first kappa shape index (κ1) is 11.2. The van der Waals surface area contributed by atoms with Gasteiger partial charge in [0.1, 0.15) is 0 Å². The van der Waals surface area contributed by atoms with Gasteiger partial charge in [-0.1, -0.05) is 24.3 Å². The van der Waals surface area contributed by atoms with Crippen LogP contribution in [-0.2, 0) is 22.4 Å². The van der Waals surface area contributed by atoms with Crippen LogP contribution in [0.3, 0.4) is 0 Å². The molecular weight excluding hydrogens is 178 g/mol. The molecule has 0 aliphatic rings. The third-order valence-corrected chi connectivity index (χ3v) is 2.09. The quantitative estimate of drug-likeness (QED) is 0.696. The summed E-state index contributed by atoms with van der Waals surface area (Å²) in [6.45, 7) is 1.32. The summed E-state index contributed by atoms with van der Waals surface area (Å²) in [5.74, 6) is 4.97. The minimum absolute atomic E-state index is 0.563. The second-order valence-corrected chi connectivity index (χ2v) is 3.18. The summed E-state index contributed by atoms with van der Waals surface area (Å²) in [6.07, 6.45) is 1.81. The monoisotopic (exact) mass is 195 g/mol. The van der Waals surface area contributed by atoms with Crippen LogP contribution in [0.2, 0.25) is 0 Å². The van der Waals surface area contributed by atoms with Crippen molar-refractivity contribution in [2.45, 2.75) is 12.8 Å². The molecule has 0 atom stereocenters. The van der Waals surface area contributed by atoms with Crippen molar-refractivity contribution in [1.29, 1.82) is 0 Å². The predicted octanol–water partition coefficient (Wildman–Crippen LogP) is 1.31. The number of methoxy groups -OCH3 is 1. The van der Waals surface area contributed by atoms with E-state index < -0.39 is 0 Å². The Bertz CT molecular complexity index is 240. The highest BCUT2D eigenvalue weighted by molar-refractivity contribution is 5.23. The van der Waals surface area contributed by atoms with E-state index in [2.05, 4.69) is 29.1 Å². The number of nitrogens with two attached hydrogens (primary N) is 1. The van der Waals surface area contributed by atoms with Gasteiger partial charge in [-0.25, -0.2) is 5.90 Å². The smallest absolute Gasteiger partial charge is 0.0719 e. The van der Waals surface area contributed by atoms with E-state index in [0.29, 0.717) is 6.61 Å². The van der Waals surface area contributed by atoms with Crippen LogP contribution in [0.4, 0.5) is 0 Å². The number of hydrogen-bond acceptors (Lipinski definition) is 3. The molecular formula is C11H17NO2. The molecule has 2 N–H and O–H groups in total. The first-order chi connectivity index (χ1) is 6.86. The molecule has 0 aromatic heterocycles. The average Bonchev–Trinajstić information content (AvgIpc) is 2.24. The molecule has 0 spiro atoms. The van der Waals surface area contributed by atoms with Gasteiger partial charge in [-0.15, -0.1) is 0 Å². The number of hydrogen-bond donors (Lipinski definition) is 1.